The van der Waals surface area contributed by atoms with Gasteiger partial charge in [0.15, 0.2) is 11.5 Å². The molecule has 0 aliphatic rings. The molecule has 0 saturated heterocycles. The monoisotopic (exact) mass is 483 g/mol. The Hall–Kier alpha value is -4.08. The summed E-state index contributed by atoms with van der Waals surface area (Å²) in [5.74, 6) is -1.79. The standard InChI is InChI=1S/C23H24FN5O4.C2H6/c1-13(2)20(23(32)25-3)29-22(31)18-8-7-17(33-18)16-11-14(9-10-26-16)12-27-21(30)15-5-4-6-19(24)28-15;1-2/h4-11,13,20H,12H2,1-3H3,(H,25,32)(H,27,30)(H,29,31);1-2H3/t20-;/m0./s1. The molecule has 1 atom stereocenters. The van der Waals surface area contributed by atoms with E-state index in [9.17, 15) is 18.8 Å². The fourth-order valence-corrected chi connectivity index (χ4v) is 3.03. The van der Waals surface area contributed by atoms with E-state index in [1.807, 2.05) is 27.7 Å². The lowest BCUT2D eigenvalue weighted by molar-refractivity contribution is -0.123. The molecule has 0 spiro atoms. The molecule has 0 unspecified atom stereocenters. The van der Waals surface area contributed by atoms with Gasteiger partial charge in [-0.25, -0.2) is 4.98 Å². The van der Waals surface area contributed by atoms with Crippen LogP contribution in [0.5, 0.6) is 0 Å². The van der Waals surface area contributed by atoms with Gasteiger partial charge in [0, 0.05) is 19.8 Å². The van der Waals surface area contributed by atoms with Gasteiger partial charge in [-0.15, -0.1) is 0 Å². The van der Waals surface area contributed by atoms with E-state index in [4.69, 9.17) is 4.42 Å². The van der Waals surface area contributed by atoms with Crippen molar-refractivity contribution in [3.63, 3.8) is 0 Å². The Bertz CT molecular complexity index is 1160. The molecule has 186 valence electrons. The Morgan fingerprint density at radius 2 is 1.80 bits per heavy atom. The molecule has 0 aromatic carbocycles. The molecule has 3 aromatic heterocycles. The van der Waals surface area contributed by atoms with Crippen molar-refractivity contribution in [3.8, 4) is 11.5 Å². The highest BCUT2D eigenvalue weighted by molar-refractivity contribution is 5.96. The summed E-state index contributed by atoms with van der Waals surface area (Å²) >= 11 is 0. The van der Waals surface area contributed by atoms with Crippen LogP contribution in [-0.2, 0) is 11.3 Å². The molecule has 35 heavy (non-hydrogen) atoms. The highest BCUT2D eigenvalue weighted by Crippen LogP contribution is 2.21. The topological polar surface area (TPSA) is 126 Å². The second kappa shape index (κ2) is 13.0. The molecule has 0 saturated carbocycles. The summed E-state index contributed by atoms with van der Waals surface area (Å²) < 4.78 is 18.8. The summed E-state index contributed by atoms with van der Waals surface area (Å²) in [6.45, 7) is 7.81. The van der Waals surface area contributed by atoms with Crippen LogP contribution in [0, 0.1) is 11.9 Å². The summed E-state index contributed by atoms with van der Waals surface area (Å²) in [4.78, 5) is 44.5. The number of furan rings is 1. The maximum absolute atomic E-state index is 13.2. The summed E-state index contributed by atoms with van der Waals surface area (Å²) in [5.41, 5.74) is 1.14. The van der Waals surface area contributed by atoms with Crippen molar-refractivity contribution in [2.75, 3.05) is 7.05 Å². The Morgan fingerprint density at radius 1 is 1.06 bits per heavy atom. The first-order valence-corrected chi connectivity index (χ1v) is 11.3. The lowest BCUT2D eigenvalue weighted by atomic mass is 10.0. The fourth-order valence-electron chi connectivity index (χ4n) is 3.03. The molecule has 0 bridgehead atoms. The van der Waals surface area contributed by atoms with E-state index < -0.39 is 23.8 Å². The predicted molar refractivity (Wildman–Crippen MR) is 129 cm³/mol. The minimum absolute atomic E-state index is 0.0255. The van der Waals surface area contributed by atoms with E-state index in [2.05, 4.69) is 25.9 Å². The number of carbonyl (C=O) groups is 3. The van der Waals surface area contributed by atoms with E-state index in [0.717, 1.165) is 6.07 Å². The zero-order valence-corrected chi connectivity index (χ0v) is 20.4. The van der Waals surface area contributed by atoms with Gasteiger partial charge in [0.05, 0.1) is 0 Å². The van der Waals surface area contributed by atoms with Gasteiger partial charge in [0.1, 0.15) is 17.4 Å². The summed E-state index contributed by atoms with van der Waals surface area (Å²) in [6, 6.07) is 9.78. The Kier molecular flexibility index (Phi) is 10.1. The number of halogens is 1. The molecule has 3 rings (SSSR count). The molecular weight excluding hydrogens is 453 g/mol. The summed E-state index contributed by atoms with van der Waals surface area (Å²) in [6.07, 6.45) is 1.54. The van der Waals surface area contributed by atoms with Crippen molar-refractivity contribution in [3.05, 3.63) is 71.6 Å². The third-order valence-corrected chi connectivity index (χ3v) is 4.79. The number of hydrogen-bond acceptors (Lipinski definition) is 6. The molecule has 3 heterocycles. The molecule has 0 aliphatic carbocycles. The van der Waals surface area contributed by atoms with Crippen LogP contribution in [0.15, 0.2) is 53.1 Å². The number of carbonyl (C=O) groups excluding carboxylic acids is 3. The summed E-state index contributed by atoms with van der Waals surface area (Å²) in [5, 5.41) is 7.86. The lowest BCUT2D eigenvalue weighted by Crippen LogP contribution is -2.48. The van der Waals surface area contributed by atoms with E-state index in [1.165, 1.54) is 25.2 Å². The minimum atomic E-state index is -0.735. The highest BCUT2D eigenvalue weighted by Gasteiger charge is 2.25. The van der Waals surface area contributed by atoms with Crippen LogP contribution < -0.4 is 16.0 Å². The van der Waals surface area contributed by atoms with E-state index in [0.29, 0.717) is 17.0 Å². The number of nitrogens with zero attached hydrogens (tertiary/aromatic N) is 2. The van der Waals surface area contributed by atoms with Gasteiger partial charge < -0.3 is 20.4 Å². The Morgan fingerprint density at radius 3 is 2.46 bits per heavy atom. The molecule has 3 N–H and O–H groups in total. The molecule has 9 nitrogen and oxygen atoms in total. The van der Waals surface area contributed by atoms with E-state index in [-0.39, 0.29) is 29.8 Å². The molecule has 0 fully saturated rings. The molecule has 3 aromatic rings. The molecule has 0 radical (unpaired) electrons. The number of amides is 3. The van der Waals surface area contributed by atoms with Crippen molar-refractivity contribution in [1.29, 1.82) is 0 Å². The SMILES string of the molecule is CC.CNC(=O)[C@@H](NC(=O)c1ccc(-c2cc(CNC(=O)c3cccc(F)n3)ccn2)o1)C(C)C. The van der Waals surface area contributed by atoms with Gasteiger partial charge in [-0.3, -0.25) is 19.4 Å². The Labute approximate surface area is 203 Å². The average Bonchev–Trinajstić information content (AvgIpc) is 3.37. The van der Waals surface area contributed by atoms with Crippen LogP contribution in [0.25, 0.3) is 11.5 Å². The maximum atomic E-state index is 13.2. The number of rotatable bonds is 8. The number of nitrogens with one attached hydrogen (secondary N) is 3. The van der Waals surface area contributed by atoms with Crippen LogP contribution in [0.1, 0.15) is 54.3 Å². The number of pyridine rings is 2. The van der Waals surface area contributed by atoms with Crippen molar-refractivity contribution < 1.29 is 23.2 Å². The largest absolute Gasteiger partial charge is 0.449 e. The Balaban J connectivity index is 0.00000210. The van der Waals surface area contributed by atoms with Crippen LogP contribution >= 0.6 is 0 Å². The quantitative estimate of drug-likeness (QED) is 0.422. The maximum Gasteiger partial charge on any atom is 0.287 e. The average molecular weight is 484 g/mol. The van der Waals surface area contributed by atoms with Crippen molar-refractivity contribution in [2.45, 2.75) is 40.3 Å². The van der Waals surface area contributed by atoms with Gasteiger partial charge >= 0.3 is 0 Å². The molecule has 3 amide bonds. The zero-order chi connectivity index (χ0) is 26.0. The van der Waals surface area contributed by atoms with Crippen molar-refractivity contribution in [2.24, 2.45) is 5.92 Å². The number of hydrogen-bond donors (Lipinski definition) is 3. The van der Waals surface area contributed by atoms with Crippen LogP contribution in [0.3, 0.4) is 0 Å². The second-order valence-electron chi connectivity index (χ2n) is 7.55. The first-order chi connectivity index (χ1) is 16.8. The van der Waals surface area contributed by atoms with E-state index >= 15 is 0 Å². The van der Waals surface area contributed by atoms with Crippen molar-refractivity contribution >= 4 is 17.7 Å². The third kappa shape index (κ3) is 7.46. The first kappa shape index (κ1) is 27.2. The zero-order valence-electron chi connectivity index (χ0n) is 20.4. The fraction of sp³-hybridized carbons (Fsp3) is 0.320. The second-order valence-corrected chi connectivity index (χ2v) is 7.55. The van der Waals surface area contributed by atoms with Gasteiger partial charge in [0.2, 0.25) is 11.9 Å². The number of aromatic nitrogens is 2. The smallest absolute Gasteiger partial charge is 0.287 e. The first-order valence-electron chi connectivity index (χ1n) is 11.3. The highest BCUT2D eigenvalue weighted by atomic mass is 19.1. The van der Waals surface area contributed by atoms with Gasteiger partial charge in [0.25, 0.3) is 11.8 Å². The summed E-state index contributed by atoms with van der Waals surface area (Å²) in [7, 11) is 1.50. The van der Waals surface area contributed by atoms with E-state index in [1.54, 1.807) is 24.4 Å². The third-order valence-electron chi connectivity index (χ3n) is 4.79. The number of likely N-dealkylation sites (N-methyl/N-ethyl adjacent to an activating group) is 1. The minimum Gasteiger partial charge on any atom is -0.449 e. The van der Waals surface area contributed by atoms with Gasteiger partial charge in [-0.1, -0.05) is 33.8 Å². The normalized spacial score (nSPS) is 11.2. The molecular formula is C25H30FN5O4. The van der Waals surface area contributed by atoms with Crippen LogP contribution in [-0.4, -0.2) is 40.8 Å². The van der Waals surface area contributed by atoms with Gasteiger partial charge in [-0.05, 0) is 47.9 Å². The lowest BCUT2D eigenvalue weighted by Gasteiger charge is -2.19. The van der Waals surface area contributed by atoms with Crippen LogP contribution in [0.2, 0.25) is 0 Å². The van der Waals surface area contributed by atoms with Crippen molar-refractivity contribution in [1.82, 2.24) is 25.9 Å². The predicted octanol–water partition coefficient (Wildman–Crippen LogP) is 3.33. The van der Waals surface area contributed by atoms with Crippen LogP contribution in [0.4, 0.5) is 4.39 Å². The molecule has 0 aliphatic heterocycles. The van der Waals surface area contributed by atoms with Gasteiger partial charge in [-0.2, -0.15) is 4.39 Å². The molecule has 10 heteroatoms.